The lowest BCUT2D eigenvalue weighted by atomic mass is 9.48. The van der Waals surface area contributed by atoms with E-state index in [4.69, 9.17) is 9.16 Å². The normalized spacial score (nSPS) is 33.6. The van der Waals surface area contributed by atoms with Gasteiger partial charge in [0.15, 0.2) is 14.1 Å². The van der Waals surface area contributed by atoms with Gasteiger partial charge >= 0.3 is 5.97 Å². The van der Waals surface area contributed by atoms with E-state index in [2.05, 4.69) is 40.8 Å². The van der Waals surface area contributed by atoms with Crippen LogP contribution in [0, 0.1) is 35.0 Å². The Morgan fingerprint density at radius 1 is 1.00 bits per heavy atom. The summed E-state index contributed by atoms with van der Waals surface area (Å²) in [5.74, 6) is 2.29. The molecule has 7 atom stereocenters. The van der Waals surface area contributed by atoms with Crippen LogP contribution in [0.1, 0.15) is 125 Å². The number of hydrogen-bond donors (Lipinski definition) is 0. The predicted molar refractivity (Wildman–Crippen MR) is 167 cm³/mol. The molecule has 0 radical (unpaired) electrons. The lowest BCUT2D eigenvalue weighted by molar-refractivity contribution is -0.155. The highest BCUT2D eigenvalue weighted by atomic mass is 28.4. The van der Waals surface area contributed by atoms with Crippen LogP contribution >= 0.6 is 0 Å². The lowest BCUT2D eigenvalue weighted by Crippen LogP contribution is -2.53. The summed E-state index contributed by atoms with van der Waals surface area (Å²) in [4.78, 5) is 37.7. The van der Waals surface area contributed by atoms with Crippen molar-refractivity contribution < 1.29 is 23.5 Å². The third-order valence-corrected chi connectivity index (χ3v) is 16.5. The number of carbonyl (C=O) groups excluding carboxylic acids is 3. The molecule has 5 nitrogen and oxygen atoms in total. The summed E-state index contributed by atoms with van der Waals surface area (Å²) in [6.07, 6.45) is 16.4. The Bertz CT molecular complexity index is 993. The van der Waals surface area contributed by atoms with Crippen molar-refractivity contribution in [2.45, 2.75) is 149 Å². The van der Waals surface area contributed by atoms with Crippen LogP contribution in [-0.2, 0) is 23.5 Å². The van der Waals surface area contributed by atoms with E-state index in [-0.39, 0.29) is 34.2 Å². The Morgan fingerprint density at radius 2 is 1.66 bits per heavy atom. The Morgan fingerprint density at radius 3 is 2.32 bits per heavy atom. The smallest absolute Gasteiger partial charge is 0.302 e. The highest BCUT2D eigenvalue weighted by Gasteiger charge is 2.59. The van der Waals surface area contributed by atoms with Crippen molar-refractivity contribution in [2.24, 2.45) is 35.0 Å². The second kappa shape index (κ2) is 13.2. The van der Waals surface area contributed by atoms with Crippen molar-refractivity contribution in [1.82, 2.24) is 0 Å². The number of fused-ring (bicyclic) bond motifs is 5. The molecular weight excluding hydrogens is 528 g/mol. The molecule has 0 aliphatic heterocycles. The van der Waals surface area contributed by atoms with Crippen molar-refractivity contribution >= 4 is 25.9 Å². The lowest BCUT2D eigenvalue weighted by Gasteiger charge is -2.56. The standard InChI is InChI=1S/C35H58O5Si/c1-24(36)40-30-23-27(37)22-26-21-25(32-28(33(26)30)18-19-35(5)29(32)16-17-31(35)38)15-13-11-9-8-10-12-14-20-39-41(6,7)34(2,3)4/h22,25,28-30,32-33H,8-21,23H2,1-7H3/t25-,28+,29+,30+,32-,33+,35+/m1/s1. The largest absolute Gasteiger partial charge is 0.461 e. The number of Topliss-reactive ketones (excluding diaryl/α,β-unsaturated/α-hetero) is 1. The molecule has 3 fully saturated rings. The zero-order valence-electron chi connectivity index (χ0n) is 27.2. The van der Waals surface area contributed by atoms with Crippen LogP contribution in [0.4, 0.5) is 0 Å². The average molecular weight is 587 g/mol. The first-order chi connectivity index (χ1) is 19.2. The third-order valence-electron chi connectivity index (χ3n) is 12.0. The number of esters is 1. The minimum atomic E-state index is -1.63. The topological polar surface area (TPSA) is 69.7 Å². The van der Waals surface area contributed by atoms with Crippen LogP contribution in [0.15, 0.2) is 11.6 Å². The molecule has 0 heterocycles. The molecule has 0 aromatic heterocycles. The number of ether oxygens (including phenoxy) is 1. The van der Waals surface area contributed by atoms with Gasteiger partial charge in [0.2, 0.25) is 0 Å². The van der Waals surface area contributed by atoms with E-state index in [0.717, 1.165) is 38.7 Å². The number of hydrogen-bond acceptors (Lipinski definition) is 5. The number of unbranched alkanes of at least 4 members (excludes halogenated alkanes) is 6. The highest BCUT2D eigenvalue weighted by Crippen LogP contribution is 2.63. The molecule has 0 amide bonds. The summed E-state index contributed by atoms with van der Waals surface area (Å²) in [6, 6.07) is 0. The molecular formula is C35H58O5Si. The zero-order chi connectivity index (χ0) is 30.0. The van der Waals surface area contributed by atoms with Gasteiger partial charge in [0.05, 0.1) is 0 Å². The van der Waals surface area contributed by atoms with Gasteiger partial charge < -0.3 is 9.16 Å². The van der Waals surface area contributed by atoms with Gasteiger partial charge in [-0.15, -0.1) is 0 Å². The van der Waals surface area contributed by atoms with E-state index < -0.39 is 8.32 Å². The van der Waals surface area contributed by atoms with Crippen molar-refractivity contribution in [2.75, 3.05) is 6.61 Å². The average Bonchev–Trinajstić information content (AvgIpc) is 3.17. The molecule has 3 saturated carbocycles. The fraction of sp³-hybridized carbons (Fsp3) is 0.857. The molecule has 232 valence electrons. The van der Waals surface area contributed by atoms with E-state index in [1.54, 1.807) is 0 Å². The van der Waals surface area contributed by atoms with Crippen molar-refractivity contribution in [3.05, 3.63) is 11.6 Å². The van der Waals surface area contributed by atoms with Gasteiger partial charge in [-0.3, -0.25) is 14.4 Å². The Labute approximate surface area is 251 Å². The molecule has 6 heteroatoms. The zero-order valence-corrected chi connectivity index (χ0v) is 28.2. The van der Waals surface area contributed by atoms with Crippen LogP contribution in [0.25, 0.3) is 0 Å². The van der Waals surface area contributed by atoms with Gasteiger partial charge in [-0.05, 0) is 86.4 Å². The Hall–Kier alpha value is -1.27. The summed E-state index contributed by atoms with van der Waals surface area (Å²) in [7, 11) is -1.63. The predicted octanol–water partition coefficient (Wildman–Crippen LogP) is 8.61. The minimum absolute atomic E-state index is 0.103. The molecule has 0 saturated heterocycles. The Balaban J connectivity index is 1.30. The quantitative estimate of drug-likeness (QED) is 0.130. The molecule has 41 heavy (non-hydrogen) atoms. The fourth-order valence-electron chi connectivity index (χ4n) is 8.76. The summed E-state index contributed by atoms with van der Waals surface area (Å²) < 4.78 is 12.1. The number of rotatable bonds is 12. The SMILES string of the molecule is CC(=O)O[C@H]1CC(=O)C=C2C[C@@H](CCCCCCCCCO[Si](C)(C)C(C)(C)C)[C@@H]3[C@H](CC[C@]4(C)C(=O)CC[C@@H]34)[C@H]21. The van der Waals surface area contributed by atoms with E-state index >= 15 is 0 Å². The first kappa shape index (κ1) is 32.6. The summed E-state index contributed by atoms with van der Waals surface area (Å²) >= 11 is 0. The molecule has 4 rings (SSSR count). The molecule has 0 N–H and O–H groups in total. The van der Waals surface area contributed by atoms with Crippen LogP contribution in [-0.4, -0.2) is 38.6 Å². The second-order valence-corrected chi connectivity index (χ2v) is 20.5. The van der Waals surface area contributed by atoms with Gasteiger partial charge in [-0.25, -0.2) is 0 Å². The molecule has 0 spiro atoms. The molecule has 0 aromatic rings. The number of carbonyl (C=O) groups is 3. The van der Waals surface area contributed by atoms with Gasteiger partial charge in [-0.2, -0.15) is 0 Å². The first-order valence-corrected chi connectivity index (χ1v) is 19.7. The van der Waals surface area contributed by atoms with Gasteiger partial charge in [0.1, 0.15) is 11.9 Å². The van der Waals surface area contributed by atoms with Gasteiger partial charge in [0, 0.05) is 37.7 Å². The maximum absolute atomic E-state index is 13.0. The van der Waals surface area contributed by atoms with Crippen molar-refractivity contribution in [3.8, 4) is 0 Å². The van der Waals surface area contributed by atoms with E-state index in [9.17, 15) is 14.4 Å². The molecule has 0 unspecified atom stereocenters. The van der Waals surface area contributed by atoms with Crippen LogP contribution in [0.2, 0.25) is 18.1 Å². The summed E-state index contributed by atoms with van der Waals surface area (Å²) in [6.45, 7) is 16.2. The van der Waals surface area contributed by atoms with Crippen LogP contribution in [0.3, 0.4) is 0 Å². The number of ketones is 2. The maximum Gasteiger partial charge on any atom is 0.302 e. The third kappa shape index (κ3) is 7.28. The Kier molecular flexibility index (Phi) is 10.5. The molecule has 0 aromatic carbocycles. The highest BCUT2D eigenvalue weighted by molar-refractivity contribution is 6.74. The molecule has 4 aliphatic carbocycles. The van der Waals surface area contributed by atoms with Crippen molar-refractivity contribution in [3.63, 3.8) is 0 Å². The molecule has 4 aliphatic rings. The monoisotopic (exact) mass is 586 g/mol. The van der Waals surface area contributed by atoms with Gasteiger partial charge in [0.25, 0.3) is 0 Å². The summed E-state index contributed by atoms with van der Waals surface area (Å²) in [5.41, 5.74) is 1.04. The van der Waals surface area contributed by atoms with Crippen molar-refractivity contribution in [1.29, 1.82) is 0 Å². The van der Waals surface area contributed by atoms with Gasteiger partial charge in [-0.1, -0.05) is 71.8 Å². The van der Waals surface area contributed by atoms with E-state index in [1.807, 2.05) is 6.08 Å². The van der Waals surface area contributed by atoms with E-state index in [0.29, 0.717) is 35.9 Å². The maximum atomic E-state index is 13.0. The fourth-order valence-corrected chi connectivity index (χ4v) is 9.85. The minimum Gasteiger partial charge on any atom is -0.461 e. The molecule has 0 bridgehead atoms. The van der Waals surface area contributed by atoms with Crippen LogP contribution < -0.4 is 0 Å². The van der Waals surface area contributed by atoms with E-state index in [1.165, 1.54) is 63.9 Å². The summed E-state index contributed by atoms with van der Waals surface area (Å²) in [5, 5.41) is 0.281. The second-order valence-electron chi connectivity index (χ2n) is 15.7. The first-order valence-electron chi connectivity index (χ1n) is 16.8. The van der Waals surface area contributed by atoms with Crippen LogP contribution in [0.5, 0.6) is 0 Å².